The number of nitriles is 1. The minimum absolute atomic E-state index is 0.482. The number of halogens is 1. The quantitative estimate of drug-likeness (QED) is 0.707. The third kappa shape index (κ3) is 5.93. The summed E-state index contributed by atoms with van der Waals surface area (Å²) in [5.74, 6) is 0. The van der Waals surface area contributed by atoms with Crippen molar-refractivity contribution < 1.29 is 9.47 Å². The Hall–Kier alpha value is -1.28. The molecule has 1 N–H and O–H groups in total. The molecule has 0 aliphatic carbocycles. The normalized spacial score (nSPS) is 10.2. The van der Waals surface area contributed by atoms with Crippen molar-refractivity contribution in [1.82, 2.24) is 0 Å². The number of hydrogen-bond acceptors (Lipinski definition) is 4. The molecule has 1 aromatic carbocycles. The summed E-state index contributed by atoms with van der Waals surface area (Å²) in [6, 6.07) is 7.52. The van der Waals surface area contributed by atoms with E-state index < -0.39 is 0 Å². The molecule has 0 bridgehead atoms. The first kappa shape index (κ1) is 15.8. The van der Waals surface area contributed by atoms with Crippen LogP contribution in [-0.4, -0.2) is 33.5 Å². The van der Waals surface area contributed by atoms with Crippen LogP contribution in [0.1, 0.15) is 18.4 Å². The van der Waals surface area contributed by atoms with Crippen molar-refractivity contribution in [1.29, 1.82) is 5.26 Å². The lowest BCUT2D eigenvalue weighted by Crippen LogP contribution is -2.07. The Morgan fingerprint density at radius 1 is 1.26 bits per heavy atom. The number of benzene rings is 1. The second-order valence-corrected chi connectivity index (χ2v) is 4.42. The lowest BCUT2D eigenvalue weighted by atomic mass is 10.2. The van der Waals surface area contributed by atoms with Crippen LogP contribution >= 0.6 is 11.6 Å². The maximum atomic E-state index is 9.02. The molecule has 5 heteroatoms. The Morgan fingerprint density at radius 3 is 2.84 bits per heavy atom. The molecule has 0 aliphatic rings. The monoisotopic (exact) mass is 282 g/mol. The molecule has 0 amide bonds. The van der Waals surface area contributed by atoms with Crippen molar-refractivity contribution in [2.45, 2.75) is 12.8 Å². The molecule has 1 aromatic rings. The highest BCUT2D eigenvalue weighted by Gasteiger charge is 2.04. The third-order valence-corrected chi connectivity index (χ3v) is 2.90. The molecule has 104 valence electrons. The standard InChI is InChI=1S/C14H19ClN2O2/c1-18-9-10-19-8-3-2-7-17-14-6-4-5-13(15)12(14)11-16/h4-6,17H,2-3,7-10H2,1H3. The molecule has 0 aliphatic heterocycles. The largest absolute Gasteiger partial charge is 0.384 e. The number of unbranched alkanes of at least 4 members (excludes halogenated alkanes) is 1. The van der Waals surface area contributed by atoms with E-state index in [4.69, 9.17) is 26.3 Å². The molecule has 0 heterocycles. The lowest BCUT2D eigenvalue weighted by Gasteiger charge is -2.09. The lowest BCUT2D eigenvalue weighted by molar-refractivity contribution is 0.0691. The fourth-order valence-electron chi connectivity index (χ4n) is 1.58. The molecule has 0 radical (unpaired) electrons. The van der Waals surface area contributed by atoms with Crippen LogP contribution in [0.2, 0.25) is 5.02 Å². The highest BCUT2D eigenvalue weighted by atomic mass is 35.5. The summed E-state index contributed by atoms with van der Waals surface area (Å²) >= 11 is 5.95. The Morgan fingerprint density at radius 2 is 2.11 bits per heavy atom. The molecule has 0 saturated carbocycles. The molecule has 0 aromatic heterocycles. The summed E-state index contributed by atoms with van der Waals surface area (Å²) in [6.45, 7) is 2.79. The Kier molecular flexibility index (Phi) is 7.99. The Bertz CT molecular complexity index is 418. The Balaban J connectivity index is 2.20. The minimum Gasteiger partial charge on any atom is -0.384 e. The predicted octanol–water partition coefficient (Wildman–Crippen LogP) is 3.07. The van der Waals surface area contributed by atoms with Gasteiger partial charge in [-0.1, -0.05) is 17.7 Å². The number of nitrogens with one attached hydrogen (secondary N) is 1. The van der Waals surface area contributed by atoms with E-state index in [-0.39, 0.29) is 0 Å². The van der Waals surface area contributed by atoms with Gasteiger partial charge in [0.05, 0.1) is 29.5 Å². The van der Waals surface area contributed by atoms with E-state index in [1.807, 2.05) is 12.1 Å². The van der Waals surface area contributed by atoms with E-state index in [1.165, 1.54) is 0 Å². The van der Waals surface area contributed by atoms with E-state index in [2.05, 4.69) is 11.4 Å². The molecular weight excluding hydrogens is 264 g/mol. The Labute approximate surface area is 119 Å². The topological polar surface area (TPSA) is 54.3 Å². The molecule has 4 nitrogen and oxygen atoms in total. The van der Waals surface area contributed by atoms with Crippen molar-refractivity contribution in [3.05, 3.63) is 28.8 Å². The summed E-state index contributed by atoms with van der Waals surface area (Å²) in [5, 5.41) is 12.7. The fourth-order valence-corrected chi connectivity index (χ4v) is 1.80. The molecule has 0 saturated heterocycles. The van der Waals surface area contributed by atoms with Gasteiger partial charge >= 0.3 is 0 Å². The van der Waals surface area contributed by atoms with E-state index in [0.29, 0.717) is 23.8 Å². The third-order valence-electron chi connectivity index (χ3n) is 2.59. The van der Waals surface area contributed by atoms with Crippen LogP contribution < -0.4 is 5.32 Å². The molecule has 0 unspecified atom stereocenters. The second kappa shape index (κ2) is 9.62. The molecular formula is C14H19ClN2O2. The van der Waals surface area contributed by atoms with Gasteiger partial charge in [-0.3, -0.25) is 0 Å². The highest BCUT2D eigenvalue weighted by molar-refractivity contribution is 6.32. The summed E-state index contributed by atoms with van der Waals surface area (Å²) < 4.78 is 10.2. The van der Waals surface area contributed by atoms with Gasteiger partial charge in [0.2, 0.25) is 0 Å². The van der Waals surface area contributed by atoms with Crippen molar-refractivity contribution in [3.63, 3.8) is 0 Å². The maximum Gasteiger partial charge on any atom is 0.103 e. The smallest absolute Gasteiger partial charge is 0.103 e. The summed E-state index contributed by atoms with van der Waals surface area (Å²) in [7, 11) is 1.66. The van der Waals surface area contributed by atoms with Gasteiger partial charge in [-0.05, 0) is 25.0 Å². The first-order valence-corrected chi connectivity index (χ1v) is 6.66. The van der Waals surface area contributed by atoms with E-state index >= 15 is 0 Å². The molecule has 0 fully saturated rings. The highest BCUT2D eigenvalue weighted by Crippen LogP contribution is 2.23. The number of nitrogens with zero attached hydrogens (tertiary/aromatic N) is 1. The SMILES string of the molecule is COCCOCCCCNc1cccc(Cl)c1C#N. The number of methoxy groups -OCH3 is 1. The summed E-state index contributed by atoms with van der Waals surface area (Å²) in [4.78, 5) is 0. The minimum atomic E-state index is 0.482. The van der Waals surface area contributed by atoms with Crippen LogP contribution in [-0.2, 0) is 9.47 Å². The van der Waals surface area contributed by atoms with Crippen molar-refractivity contribution >= 4 is 17.3 Å². The first-order valence-electron chi connectivity index (χ1n) is 6.28. The van der Waals surface area contributed by atoms with Gasteiger partial charge in [0.1, 0.15) is 6.07 Å². The van der Waals surface area contributed by atoms with Crippen LogP contribution in [0.15, 0.2) is 18.2 Å². The molecule has 0 spiro atoms. The maximum absolute atomic E-state index is 9.02. The van der Waals surface area contributed by atoms with Gasteiger partial charge in [-0.25, -0.2) is 0 Å². The van der Waals surface area contributed by atoms with Gasteiger partial charge in [-0.2, -0.15) is 5.26 Å². The summed E-state index contributed by atoms with van der Waals surface area (Å²) in [6.07, 6.45) is 1.95. The first-order chi connectivity index (χ1) is 9.29. The zero-order valence-corrected chi connectivity index (χ0v) is 11.9. The summed E-state index contributed by atoms with van der Waals surface area (Å²) in [5.41, 5.74) is 1.29. The predicted molar refractivity (Wildman–Crippen MR) is 76.6 cm³/mol. The van der Waals surface area contributed by atoms with Gasteiger partial charge in [0, 0.05) is 20.3 Å². The van der Waals surface area contributed by atoms with Gasteiger partial charge in [0.15, 0.2) is 0 Å². The van der Waals surface area contributed by atoms with Crippen molar-refractivity contribution in [2.75, 3.05) is 38.8 Å². The van der Waals surface area contributed by atoms with Gasteiger partial charge in [-0.15, -0.1) is 0 Å². The average molecular weight is 283 g/mol. The van der Waals surface area contributed by atoms with E-state index in [0.717, 1.165) is 31.7 Å². The van der Waals surface area contributed by atoms with Gasteiger partial charge < -0.3 is 14.8 Å². The average Bonchev–Trinajstić information content (AvgIpc) is 2.42. The van der Waals surface area contributed by atoms with Crippen molar-refractivity contribution in [2.24, 2.45) is 0 Å². The molecule has 19 heavy (non-hydrogen) atoms. The number of anilines is 1. The van der Waals surface area contributed by atoms with Crippen LogP contribution in [0.5, 0.6) is 0 Å². The van der Waals surface area contributed by atoms with Crippen molar-refractivity contribution in [3.8, 4) is 6.07 Å². The van der Waals surface area contributed by atoms with Crippen LogP contribution in [0.4, 0.5) is 5.69 Å². The number of rotatable bonds is 9. The number of ether oxygens (including phenoxy) is 2. The number of hydrogen-bond donors (Lipinski definition) is 1. The van der Waals surface area contributed by atoms with Gasteiger partial charge in [0.25, 0.3) is 0 Å². The molecule has 0 atom stereocenters. The fraction of sp³-hybridized carbons (Fsp3) is 0.500. The zero-order chi connectivity index (χ0) is 13.9. The van der Waals surface area contributed by atoms with Crippen LogP contribution in [0, 0.1) is 11.3 Å². The van der Waals surface area contributed by atoms with E-state index in [9.17, 15) is 0 Å². The zero-order valence-electron chi connectivity index (χ0n) is 11.1. The van der Waals surface area contributed by atoms with Crippen LogP contribution in [0.3, 0.4) is 0 Å². The van der Waals surface area contributed by atoms with E-state index in [1.54, 1.807) is 13.2 Å². The second-order valence-electron chi connectivity index (χ2n) is 4.01. The molecule has 1 rings (SSSR count). The van der Waals surface area contributed by atoms with Crippen LogP contribution in [0.25, 0.3) is 0 Å².